The average Bonchev–Trinajstić information content (AvgIpc) is 2.90. The second-order valence-electron chi connectivity index (χ2n) is 5.67. The molecule has 7 heteroatoms. The number of nitrogens with one attached hydrogen (secondary N) is 1. The van der Waals surface area contributed by atoms with E-state index < -0.39 is 0 Å². The number of aromatic amines is 1. The second-order valence-corrected chi connectivity index (χ2v) is 6.49. The van der Waals surface area contributed by atoms with Crippen molar-refractivity contribution in [1.29, 1.82) is 0 Å². The highest BCUT2D eigenvalue weighted by Crippen LogP contribution is 2.17. The van der Waals surface area contributed by atoms with Crippen LogP contribution in [0.25, 0.3) is 0 Å². The molecule has 0 saturated carbocycles. The van der Waals surface area contributed by atoms with Gasteiger partial charge in [-0.05, 0) is 67.0 Å². The zero-order valence-electron chi connectivity index (χ0n) is 13.9. The van der Waals surface area contributed by atoms with E-state index in [1.165, 1.54) is 0 Å². The van der Waals surface area contributed by atoms with Crippen molar-refractivity contribution in [1.82, 2.24) is 14.9 Å². The maximum atomic E-state index is 5.98. The Morgan fingerprint density at radius 3 is 2.72 bits per heavy atom. The van der Waals surface area contributed by atoms with Crippen molar-refractivity contribution in [2.75, 3.05) is 0 Å². The van der Waals surface area contributed by atoms with Gasteiger partial charge in [0, 0.05) is 5.02 Å². The molecule has 0 atom stereocenters. The molecule has 0 radical (unpaired) electrons. The van der Waals surface area contributed by atoms with Crippen LogP contribution < -0.4 is 4.74 Å². The number of benzene rings is 2. The van der Waals surface area contributed by atoms with Gasteiger partial charge >= 0.3 is 0 Å². The predicted octanol–water partition coefficient (Wildman–Crippen LogP) is 4.67. The van der Waals surface area contributed by atoms with Gasteiger partial charge in [0.25, 0.3) is 0 Å². The first-order chi connectivity index (χ1) is 12.0. The summed E-state index contributed by atoms with van der Waals surface area (Å²) in [6, 6.07) is 13.5. The lowest BCUT2D eigenvalue weighted by molar-refractivity contribution is 0.290. The number of aryl methyl sites for hydroxylation is 2. The van der Waals surface area contributed by atoms with Crippen LogP contribution >= 0.6 is 23.8 Å². The van der Waals surface area contributed by atoms with Gasteiger partial charge in [0.15, 0.2) is 5.82 Å². The minimum absolute atomic E-state index is 0.253. The molecule has 0 aliphatic heterocycles. The molecule has 128 valence electrons. The predicted molar refractivity (Wildman–Crippen MR) is 102 cm³/mol. The van der Waals surface area contributed by atoms with Crippen LogP contribution in [-0.2, 0) is 6.61 Å². The third-order valence-corrected chi connectivity index (χ3v) is 3.95. The number of halogens is 1. The molecular formula is C18H17ClN4OS. The Bertz CT molecular complexity index is 957. The van der Waals surface area contributed by atoms with E-state index in [2.05, 4.69) is 21.4 Å². The number of aromatic nitrogens is 3. The van der Waals surface area contributed by atoms with E-state index >= 15 is 0 Å². The van der Waals surface area contributed by atoms with Crippen LogP contribution in [0.4, 0.5) is 0 Å². The Balaban J connectivity index is 1.78. The van der Waals surface area contributed by atoms with Gasteiger partial charge in [-0.3, -0.25) is 0 Å². The van der Waals surface area contributed by atoms with Crippen LogP contribution in [-0.4, -0.2) is 21.1 Å². The fourth-order valence-corrected chi connectivity index (χ4v) is 2.81. The van der Waals surface area contributed by atoms with Crippen molar-refractivity contribution in [3.8, 4) is 5.75 Å². The monoisotopic (exact) mass is 372 g/mol. The van der Waals surface area contributed by atoms with Gasteiger partial charge in [0.05, 0.1) is 6.21 Å². The van der Waals surface area contributed by atoms with E-state index in [1.54, 1.807) is 10.9 Å². The summed E-state index contributed by atoms with van der Waals surface area (Å²) in [6.45, 7) is 4.32. The van der Waals surface area contributed by atoms with E-state index in [0.717, 1.165) is 22.4 Å². The minimum atomic E-state index is 0.253. The van der Waals surface area contributed by atoms with E-state index in [-0.39, 0.29) is 6.61 Å². The van der Waals surface area contributed by atoms with Gasteiger partial charge in [0.2, 0.25) is 4.77 Å². The highest BCUT2D eigenvalue weighted by molar-refractivity contribution is 7.71. The molecule has 1 heterocycles. The summed E-state index contributed by atoms with van der Waals surface area (Å²) in [5, 5.41) is 12.0. The van der Waals surface area contributed by atoms with Crippen LogP contribution in [0, 0.1) is 18.6 Å². The van der Waals surface area contributed by atoms with Crippen LogP contribution in [0.1, 0.15) is 22.5 Å². The first kappa shape index (κ1) is 17.4. The zero-order valence-corrected chi connectivity index (χ0v) is 15.4. The molecule has 0 aliphatic rings. The zero-order chi connectivity index (χ0) is 17.8. The lowest BCUT2D eigenvalue weighted by Gasteiger charge is -2.07. The van der Waals surface area contributed by atoms with Crippen molar-refractivity contribution in [3.63, 3.8) is 0 Å². The van der Waals surface area contributed by atoms with Crippen LogP contribution in [0.2, 0.25) is 5.02 Å². The van der Waals surface area contributed by atoms with E-state index in [9.17, 15) is 0 Å². The van der Waals surface area contributed by atoms with E-state index in [0.29, 0.717) is 15.6 Å². The number of rotatable bonds is 5. The third-order valence-electron chi connectivity index (χ3n) is 3.45. The molecule has 0 amide bonds. The van der Waals surface area contributed by atoms with Gasteiger partial charge in [-0.1, -0.05) is 29.8 Å². The topological polar surface area (TPSA) is 55.2 Å². The van der Waals surface area contributed by atoms with Crippen molar-refractivity contribution in [2.24, 2.45) is 5.10 Å². The normalized spacial score (nSPS) is 11.2. The minimum Gasteiger partial charge on any atom is -0.486 e. The van der Waals surface area contributed by atoms with Crippen molar-refractivity contribution in [3.05, 3.63) is 74.8 Å². The average molecular weight is 373 g/mol. The highest BCUT2D eigenvalue weighted by Gasteiger charge is 2.07. The summed E-state index contributed by atoms with van der Waals surface area (Å²) < 4.78 is 7.78. The van der Waals surface area contributed by atoms with E-state index in [1.807, 2.05) is 50.2 Å². The molecule has 3 aromatic rings. The Hall–Kier alpha value is -2.44. The van der Waals surface area contributed by atoms with Gasteiger partial charge in [0.1, 0.15) is 12.4 Å². The standard InChI is InChI=1S/C18H17ClN4OS/c1-12-6-13(2)8-16(7-12)24-11-17-21-22-18(25)23(17)20-10-14-4-3-5-15(19)9-14/h3-10H,11H2,1-2H3,(H,22,25)/b20-10-. The van der Waals surface area contributed by atoms with Crippen molar-refractivity contribution < 1.29 is 4.74 Å². The molecule has 0 unspecified atom stereocenters. The number of hydrogen-bond donors (Lipinski definition) is 1. The quantitative estimate of drug-likeness (QED) is 0.523. The summed E-state index contributed by atoms with van der Waals surface area (Å²) in [6.07, 6.45) is 1.68. The number of nitrogens with zero attached hydrogens (tertiary/aromatic N) is 3. The molecule has 1 N–H and O–H groups in total. The number of hydrogen-bond acceptors (Lipinski definition) is 4. The summed E-state index contributed by atoms with van der Waals surface area (Å²) in [5.74, 6) is 1.37. The largest absolute Gasteiger partial charge is 0.486 e. The number of ether oxygens (including phenoxy) is 1. The lowest BCUT2D eigenvalue weighted by Crippen LogP contribution is -2.04. The molecule has 25 heavy (non-hydrogen) atoms. The molecule has 3 rings (SSSR count). The number of H-pyrrole nitrogens is 1. The Kier molecular flexibility index (Phi) is 5.31. The van der Waals surface area contributed by atoms with Gasteiger partial charge in [-0.25, -0.2) is 5.10 Å². The maximum Gasteiger partial charge on any atom is 0.216 e. The Morgan fingerprint density at radius 1 is 1.24 bits per heavy atom. The molecule has 0 bridgehead atoms. The first-order valence-electron chi connectivity index (χ1n) is 7.68. The fourth-order valence-electron chi connectivity index (χ4n) is 2.41. The SMILES string of the molecule is Cc1cc(C)cc(OCc2n[nH]c(=S)n2/N=C\c2cccc(Cl)c2)c1. The summed E-state index contributed by atoms with van der Waals surface area (Å²) in [4.78, 5) is 0. The molecule has 0 saturated heterocycles. The fraction of sp³-hybridized carbons (Fsp3) is 0.167. The van der Waals surface area contributed by atoms with Crippen molar-refractivity contribution in [2.45, 2.75) is 20.5 Å². The first-order valence-corrected chi connectivity index (χ1v) is 8.47. The Labute approximate surface area is 155 Å². The highest BCUT2D eigenvalue weighted by atomic mass is 35.5. The van der Waals surface area contributed by atoms with Crippen LogP contribution in [0.15, 0.2) is 47.6 Å². The molecule has 2 aromatic carbocycles. The summed E-state index contributed by atoms with van der Waals surface area (Å²) in [5.41, 5.74) is 3.16. The molecular weight excluding hydrogens is 356 g/mol. The van der Waals surface area contributed by atoms with E-state index in [4.69, 9.17) is 28.6 Å². The molecule has 1 aromatic heterocycles. The van der Waals surface area contributed by atoms with Crippen LogP contribution in [0.3, 0.4) is 0 Å². The van der Waals surface area contributed by atoms with Gasteiger partial charge in [-0.2, -0.15) is 14.9 Å². The van der Waals surface area contributed by atoms with Crippen LogP contribution in [0.5, 0.6) is 5.75 Å². The van der Waals surface area contributed by atoms with Gasteiger partial charge < -0.3 is 4.74 Å². The second kappa shape index (κ2) is 7.63. The maximum absolute atomic E-state index is 5.98. The van der Waals surface area contributed by atoms with Crippen molar-refractivity contribution >= 4 is 30.0 Å². The summed E-state index contributed by atoms with van der Waals surface area (Å²) >= 11 is 11.2. The Morgan fingerprint density at radius 2 is 2.00 bits per heavy atom. The summed E-state index contributed by atoms with van der Waals surface area (Å²) in [7, 11) is 0. The lowest BCUT2D eigenvalue weighted by atomic mass is 10.1. The third kappa shape index (κ3) is 4.55. The van der Waals surface area contributed by atoms with Gasteiger partial charge in [-0.15, -0.1) is 0 Å². The smallest absolute Gasteiger partial charge is 0.216 e. The molecule has 0 aliphatic carbocycles. The molecule has 0 fully saturated rings. The molecule has 0 spiro atoms. The molecule has 5 nitrogen and oxygen atoms in total.